The van der Waals surface area contributed by atoms with Crippen molar-refractivity contribution in [2.45, 2.75) is 24.8 Å². The summed E-state index contributed by atoms with van der Waals surface area (Å²) in [7, 11) is 1.51. The molecule has 240 valence electrons. The van der Waals surface area contributed by atoms with Gasteiger partial charge in [-0.25, -0.2) is 4.98 Å². The molecule has 14 heteroatoms. The Bertz CT molecular complexity index is 1650. The second kappa shape index (κ2) is 14.5. The van der Waals surface area contributed by atoms with Gasteiger partial charge >= 0.3 is 12.4 Å². The summed E-state index contributed by atoms with van der Waals surface area (Å²) in [5.74, 6) is 5.66. The first kappa shape index (κ1) is 35.6. The van der Waals surface area contributed by atoms with Crippen molar-refractivity contribution in [3.8, 4) is 17.7 Å². The Labute approximate surface area is 267 Å². The van der Waals surface area contributed by atoms with Crippen LogP contribution in [0, 0.1) is 11.8 Å². The summed E-state index contributed by atoms with van der Waals surface area (Å²) < 4.78 is 86.2. The van der Waals surface area contributed by atoms with Crippen LogP contribution in [-0.2, 0) is 18.8 Å². The minimum absolute atomic E-state index is 0. The minimum Gasteiger partial charge on any atom is -0.481 e. The second-order valence-corrected chi connectivity index (χ2v) is 10.1. The van der Waals surface area contributed by atoms with Gasteiger partial charge in [-0.1, -0.05) is 30.0 Å². The topological polar surface area (TPSA) is 61.5 Å². The first-order valence-corrected chi connectivity index (χ1v) is 13.3. The molecular weight excluding hydrogens is 645 g/mol. The molecule has 6 nitrogen and oxygen atoms in total. The standard InChI is InChI=1S/C31H26F6N4O2.2ClH/c1-43-28-9-8-20(17-39-28)5-4-10-40-11-12-41(25(19-40)15-22-18-38-27-7-3-2-6-26(22)27)29(42)21-13-23(30(32,33)34)16-24(14-21)31(35,36)37;;/h2-3,6-9,13-14,16-18,25,38H,10-12,15,19H2,1H3;2*1H/t25-;;/m1../s1. The van der Waals surface area contributed by atoms with Crippen molar-refractivity contribution >= 4 is 41.6 Å². The molecule has 1 aliphatic heterocycles. The number of rotatable bonds is 5. The number of pyridine rings is 1. The number of carbonyl (C=O) groups is 1. The van der Waals surface area contributed by atoms with Crippen molar-refractivity contribution in [2.75, 3.05) is 33.3 Å². The Balaban J connectivity index is 0.00000276. The SMILES string of the molecule is COc1ccc(C#CCN2CCN(C(=O)c3cc(C(F)(F)F)cc(C(F)(F)F)c3)[C@H](Cc3c[nH]c4ccccc34)C2)cn1.Cl.Cl. The van der Waals surface area contributed by atoms with E-state index in [1.165, 1.54) is 12.0 Å². The number of halogens is 8. The van der Waals surface area contributed by atoms with E-state index in [1.807, 2.05) is 29.2 Å². The number of aromatic nitrogens is 2. The van der Waals surface area contributed by atoms with Crippen molar-refractivity contribution in [1.29, 1.82) is 0 Å². The number of fused-ring (bicyclic) bond motifs is 1. The van der Waals surface area contributed by atoms with Gasteiger partial charge in [-0.3, -0.25) is 9.69 Å². The first-order valence-electron chi connectivity index (χ1n) is 13.3. The van der Waals surface area contributed by atoms with E-state index in [9.17, 15) is 31.1 Å². The zero-order valence-corrected chi connectivity index (χ0v) is 25.3. The lowest BCUT2D eigenvalue weighted by Gasteiger charge is -2.41. The third-order valence-corrected chi connectivity index (χ3v) is 7.27. The Morgan fingerprint density at radius 2 is 1.69 bits per heavy atom. The molecule has 1 amide bonds. The van der Waals surface area contributed by atoms with Crippen molar-refractivity contribution in [1.82, 2.24) is 19.8 Å². The zero-order chi connectivity index (χ0) is 30.8. The monoisotopic (exact) mass is 672 g/mol. The van der Waals surface area contributed by atoms with Crippen LogP contribution < -0.4 is 4.74 Å². The number of carbonyl (C=O) groups excluding carboxylic acids is 1. The molecule has 1 saturated heterocycles. The summed E-state index contributed by atoms with van der Waals surface area (Å²) >= 11 is 0. The van der Waals surface area contributed by atoms with Crippen molar-refractivity contribution in [3.63, 3.8) is 0 Å². The van der Waals surface area contributed by atoms with Gasteiger partial charge < -0.3 is 14.6 Å². The van der Waals surface area contributed by atoms with Crippen LogP contribution in [0.2, 0.25) is 0 Å². The lowest BCUT2D eigenvalue weighted by molar-refractivity contribution is -0.143. The summed E-state index contributed by atoms with van der Waals surface area (Å²) in [6.07, 6.45) is -6.42. The Morgan fingerprint density at radius 1 is 1.00 bits per heavy atom. The lowest BCUT2D eigenvalue weighted by Crippen LogP contribution is -2.56. The zero-order valence-electron chi connectivity index (χ0n) is 23.7. The van der Waals surface area contributed by atoms with Crippen molar-refractivity contribution < 1.29 is 35.9 Å². The number of methoxy groups -OCH3 is 1. The third-order valence-electron chi connectivity index (χ3n) is 7.27. The van der Waals surface area contributed by atoms with E-state index in [1.54, 1.807) is 24.5 Å². The quantitative estimate of drug-likeness (QED) is 0.186. The first-order chi connectivity index (χ1) is 20.4. The molecule has 1 aliphatic rings. The average molecular weight is 673 g/mol. The summed E-state index contributed by atoms with van der Waals surface area (Å²) in [4.78, 5) is 24.3. The number of hydrogen-bond acceptors (Lipinski definition) is 4. The maximum absolute atomic E-state index is 13.6. The van der Waals surface area contributed by atoms with E-state index in [0.29, 0.717) is 49.6 Å². The molecule has 0 bridgehead atoms. The number of hydrogen-bond donors (Lipinski definition) is 1. The highest BCUT2D eigenvalue weighted by molar-refractivity contribution is 5.95. The van der Waals surface area contributed by atoms with Gasteiger partial charge in [0.25, 0.3) is 5.91 Å². The molecule has 45 heavy (non-hydrogen) atoms. The molecule has 0 saturated carbocycles. The Hall–Kier alpha value is -3.92. The molecule has 3 heterocycles. The van der Waals surface area contributed by atoms with Gasteiger partial charge in [-0.15, -0.1) is 24.8 Å². The van der Waals surface area contributed by atoms with Gasteiger partial charge in [0.05, 0.1) is 24.8 Å². The van der Waals surface area contributed by atoms with Crippen LogP contribution in [0.3, 0.4) is 0 Å². The highest BCUT2D eigenvalue weighted by atomic mass is 35.5. The second-order valence-electron chi connectivity index (χ2n) is 10.1. The third kappa shape index (κ3) is 8.42. The molecule has 0 aliphatic carbocycles. The van der Waals surface area contributed by atoms with E-state index >= 15 is 0 Å². The molecule has 0 unspecified atom stereocenters. The number of piperazine rings is 1. The molecule has 0 radical (unpaired) electrons. The molecule has 2 aromatic carbocycles. The number of nitrogens with zero attached hydrogens (tertiary/aromatic N) is 3. The van der Waals surface area contributed by atoms with Gasteiger partial charge in [0.15, 0.2) is 0 Å². The lowest BCUT2D eigenvalue weighted by atomic mass is 9.98. The molecule has 0 spiro atoms. The fraction of sp³-hybridized carbons (Fsp3) is 0.290. The molecule has 1 N–H and O–H groups in total. The van der Waals surface area contributed by atoms with E-state index in [-0.39, 0.29) is 37.4 Å². The highest BCUT2D eigenvalue weighted by Gasteiger charge is 2.39. The molecular formula is C31H28Cl2F6N4O2. The van der Waals surface area contributed by atoms with Gasteiger partial charge in [0, 0.05) is 66.2 Å². The average Bonchev–Trinajstić information content (AvgIpc) is 3.39. The maximum Gasteiger partial charge on any atom is 0.416 e. The Kier molecular flexibility index (Phi) is 11.4. The number of H-pyrrole nitrogens is 1. The number of alkyl halides is 6. The van der Waals surface area contributed by atoms with Gasteiger partial charge in [0.2, 0.25) is 5.88 Å². The molecule has 5 rings (SSSR count). The minimum atomic E-state index is -5.06. The summed E-state index contributed by atoms with van der Waals surface area (Å²) in [6.45, 7) is 1.07. The summed E-state index contributed by atoms with van der Waals surface area (Å²) in [5, 5.41) is 0.914. The van der Waals surface area contributed by atoms with Gasteiger partial charge in [0.1, 0.15) is 0 Å². The predicted octanol–water partition coefficient (Wildman–Crippen LogP) is 6.87. The van der Waals surface area contributed by atoms with Crippen molar-refractivity contribution in [3.05, 3.63) is 94.8 Å². The van der Waals surface area contributed by atoms with Gasteiger partial charge in [-0.2, -0.15) is 26.3 Å². The smallest absolute Gasteiger partial charge is 0.416 e. The number of nitrogens with one attached hydrogen (secondary N) is 1. The molecule has 1 fully saturated rings. The molecule has 2 aromatic heterocycles. The van der Waals surface area contributed by atoms with Crippen LogP contribution in [-0.4, -0.2) is 65.0 Å². The number of para-hydroxylation sites is 1. The van der Waals surface area contributed by atoms with Crippen molar-refractivity contribution in [2.24, 2.45) is 0 Å². The highest BCUT2D eigenvalue weighted by Crippen LogP contribution is 2.37. The largest absolute Gasteiger partial charge is 0.481 e. The van der Waals surface area contributed by atoms with Crippen LogP contribution in [0.4, 0.5) is 26.3 Å². The maximum atomic E-state index is 13.6. The summed E-state index contributed by atoms with van der Waals surface area (Å²) in [5.41, 5.74) is -1.30. The van der Waals surface area contributed by atoms with E-state index in [2.05, 4.69) is 21.8 Å². The Morgan fingerprint density at radius 3 is 2.31 bits per heavy atom. The normalized spacial score (nSPS) is 15.4. The number of amides is 1. The number of ether oxygens (including phenoxy) is 1. The van der Waals surface area contributed by atoms with E-state index in [0.717, 1.165) is 16.5 Å². The fourth-order valence-corrected chi connectivity index (χ4v) is 5.13. The number of benzene rings is 2. The van der Waals surface area contributed by atoms with Crippen LogP contribution >= 0.6 is 24.8 Å². The van der Waals surface area contributed by atoms with E-state index < -0.39 is 41.0 Å². The van der Waals surface area contributed by atoms with Crippen LogP contribution in [0.5, 0.6) is 5.88 Å². The van der Waals surface area contributed by atoms with Gasteiger partial charge in [-0.05, 0) is 42.3 Å². The number of aromatic amines is 1. The molecule has 1 atom stereocenters. The van der Waals surface area contributed by atoms with Crippen LogP contribution in [0.25, 0.3) is 10.9 Å². The molecule has 4 aromatic rings. The van der Waals surface area contributed by atoms with E-state index in [4.69, 9.17) is 4.74 Å². The predicted molar refractivity (Wildman–Crippen MR) is 162 cm³/mol. The fourth-order valence-electron chi connectivity index (χ4n) is 5.13. The summed E-state index contributed by atoms with van der Waals surface area (Å²) in [6, 6.07) is 11.4. The van der Waals surface area contributed by atoms with Crippen LogP contribution in [0.15, 0.2) is 67.0 Å². The van der Waals surface area contributed by atoms with Crippen LogP contribution in [0.1, 0.15) is 32.6 Å².